The first kappa shape index (κ1) is 14.6. The van der Waals surface area contributed by atoms with Gasteiger partial charge in [0.25, 0.3) is 0 Å². The standard InChI is InChI=1S/C18H12O5/c19-17(20)13-14(18(21)22)16(12-9-5-2-6-10-12)23-15(13)11-7-3-1-4-8-11/h1-10H,(H,19,20)(H,21,22). The van der Waals surface area contributed by atoms with Crippen LogP contribution in [0.3, 0.4) is 0 Å². The molecule has 0 atom stereocenters. The molecule has 1 heterocycles. The van der Waals surface area contributed by atoms with Crippen LogP contribution in [0.2, 0.25) is 0 Å². The molecule has 5 nitrogen and oxygen atoms in total. The molecule has 114 valence electrons. The lowest BCUT2D eigenvalue weighted by molar-refractivity contribution is 0.0654. The van der Waals surface area contributed by atoms with Crippen LogP contribution in [-0.4, -0.2) is 22.2 Å². The first-order chi connectivity index (χ1) is 11.1. The summed E-state index contributed by atoms with van der Waals surface area (Å²) in [6, 6.07) is 17.2. The normalized spacial score (nSPS) is 10.4. The Kier molecular flexibility index (Phi) is 3.68. The SMILES string of the molecule is O=C(O)c1c(-c2ccccc2)oc(-c2ccccc2)c1C(=O)O. The zero-order valence-electron chi connectivity index (χ0n) is 11.9. The summed E-state index contributed by atoms with van der Waals surface area (Å²) in [6.07, 6.45) is 0. The van der Waals surface area contributed by atoms with Crippen molar-refractivity contribution in [2.45, 2.75) is 0 Å². The third-order valence-electron chi connectivity index (χ3n) is 3.41. The van der Waals surface area contributed by atoms with Gasteiger partial charge in [-0.25, -0.2) is 9.59 Å². The van der Waals surface area contributed by atoms with E-state index in [2.05, 4.69) is 0 Å². The molecule has 0 unspecified atom stereocenters. The number of aromatic carboxylic acids is 2. The van der Waals surface area contributed by atoms with Gasteiger partial charge in [0.15, 0.2) is 0 Å². The van der Waals surface area contributed by atoms with E-state index in [9.17, 15) is 19.8 Å². The molecular formula is C18H12O5. The molecule has 0 spiro atoms. The quantitative estimate of drug-likeness (QED) is 0.760. The van der Waals surface area contributed by atoms with Crippen molar-refractivity contribution in [1.82, 2.24) is 0 Å². The number of rotatable bonds is 4. The van der Waals surface area contributed by atoms with Crippen molar-refractivity contribution in [2.75, 3.05) is 0 Å². The predicted octanol–water partition coefficient (Wildman–Crippen LogP) is 4.01. The van der Waals surface area contributed by atoms with Gasteiger partial charge in [0.05, 0.1) is 0 Å². The third-order valence-corrected chi connectivity index (χ3v) is 3.41. The topological polar surface area (TPSA) is 87.7 Å². The number of furan rings is 1. The Bertz CT molecular complexity index is 791. The molecular weight excluding hydrogens is 296 g/mol. The molecule has 23 heavy (non-hydrogen) atoms. The fourth-order valence-electron chi connectivity index (χ4n) is 2.42. The Morgan fingerprint density at radius 2 is 1.00 bits per heavy atom. The van der Waals surface area contributed by atoms with E-state index >= 15 is 0 Å². The third kappa shape index (κ3) is 2.60. The average Bonchev–Trinajstić information content (AvgIpc) is 2.97. The second-order valence-electron chi connectivity index (χ2n) is 4.85. The number of benzene rings is 2. The summed E-state index contributed by atoms with van der Waals surface area (Å²) in [4.78, 5) is 23.3. The molecule has 2 N–H and O–H groups in total. The smallest absolute Gasteiger partial charge is 0.340 e. The van der Waals surface area contributed by atoms with Gasteiger partial charge in [-0.1, -0.05) is 60.7 Å². The van der Waals surface area contributed by atoms with Crippen LogP contribution in [0.4, 0.5) is 0 Å². The molecule has 2 aromatic carbocycles. The molecule has 5 heteroatoms. The molecule has 0 saturated heterocycles. The zero-order chi connectivity index (χ0) is 16.4. The van der Waals surface area contributed by atoms with Gasteiger partial charge in [-0.15, -0.1) is 0 Å². The number of carboxylic acids is 2. The summed E-state index contributed by atoms with van der Waals surface area (Å²) in [7, 11) is 0. The van der Waals surface area contributed by atoms with Crippen LogP contribution in [0.15, 0.2) is 65.1 Å². The summed E-state index contributed by atoms with van der Waals surface area (Å²) in [6.45, 7) is 0. The van der Waals surface area contributed by atoms with Gasteiger partial charge < -0.3 is 14.6 Å². The van der Waals surface area contributed by atoms with Crippen molar-refractivity contribution in [3.8, 4) is 22.6 Å². The summed E-state index contributed by atoms with van der Waals surface area (Å²) in [5.41, 5.74) is 0.328. The number of hydrogen-bond acceptors (Lipinski definition) is 3. The number of hydrogen-bond donors (Lipinski definition) is 2. The lowest BCUT2D eigenvalue weighted by atomic mass is 10.0. The number of carbonyl (C=O) groups is 2. The van der Waals surface area contributed by atoms with Crippen molar-refractivity contribution in [2.24, 2.45) is 0 Å². The van der Waals surface area contributed by atoms with E-state index in [0.717, 1.165) is 0 Å². The molecule has 0 saturated carbocycles. The van der Waals surface area contributed by atoms with Crippen molar-refractivity contribution in [3.63, 3.8) is 0 Å². The van der Waals surface area contributed by atoms with Gasteiger partial charge in [-0.2, -0.15) is 0 Å². The molecule has 0 aliphatic rings. The average molecular weight is 308 g/mol. The summed E-state index contributed by atoms with van der Waals surface area (Å²) < 4.78 is 5.68. The van der Waals surface area contributed by atoms with Gasteiger partial charge in [-0.3, -0.25) is 0 Å². The second kappa shape index (κ2) is 5.81. The summed E-state index contributed by atoms with van der Waals surface area (Å²) in [5, 5.41) is 19.0. The van der Waals surface area contributed by atoms with E-state index in [4.69, 9.17) is 4.42 Å². The van der Waals surface area contributed by atoms with Gasteiger partial charge in [0.2, 0.25) is 0 Å². The lowest BCUT2D eigenvalue weighted by Gasteiger charge is -1.98. The minimum Gasteiger partial charge on any atom is -0.478 e. The molecule has 3 rings (SSSR count). The maximum absolute atomic E-state index is 11.6. The van der Waals surface area contributed by atoms with E-state index in [1.165, 1.54) is 0 Å². The van der Waals surface area contributed by atoms with Crippen molar-refractivity contribution in [1.29, 1.82) is 0 Å². The first-order valence-corrected chi connectivity index (χ1v) is 6.84. The second-order valence-corrected chi connectivity index (χ2v) is 4.85. The van der Waals surface area contributed by atoms with Gasteiger partial charge in [0, 0.05) is 11.1 Å². The van der Waals surface area contributed by atoms with Gasteiger partial charge in [0.1, 0.15) is 22.6 Å². The number of carboxylic acid groups (broad SMARTS) is 2. The highest BCUT2D eigenvalue weighted by atomic mass is 16.4. The molecule has 1 aromatic heterocycles. The minimum atomic E-state index is -1.34. The van der Waals surface area contributed by atoms with Crippen LogP contribution >= 0.6 is 0 Å². The fourth-order valence-corrected chi connectivity index (χ4v) is 2.42. The molecule has 0 aliphatic heterocycles. The van der Waals surface area contributed by atoms with E-state index in [-0.39, 0.29) is 22.6 Å². The van der Waals surface area contributed by atoms with Crippen molar-refractivity contribution in [3.05, 3.63) is 71.8 Å². The summed E-state index contributed by atoms with van der Waals surface area (Å²) >= 11 is 0. The Balaban J connectivity index is 2.34. The van der Waals surface area contributed by atoms with Crippen LogP contribution in [0.5, 0.6) is 0 Å². The van der Waals surface area contributed by atoms with Crippen molar-refractivity contribution >= 4 is 11.9 Å². The van der Waals surface area contributed by atoms with Crippen LogP contribution in [0, 0.1) is 0 Å². The fraction of sp³-hybridized carbons (Fsp3) is 0. The molecule has 0 radical (unpaired) electrons. The van der Waals surface area contributed by atoms with Crippen LogP contribution in [-0.2, 0) is 0 Å². The van der Waals surface area contributed by atoms with Crippen LogP contribution in [0.25, 0.3) is 22.6 Å². The lowest BCUT2D eigenvalue weighted by Crippen LogP contribution is -2.07. The summed E-state index contributed by atoms with van der Waals surface area (Å²) in [5.74, 6) is -2.61. The minimum absolute atomic E-state index is 0.0364. The highest BCUT2D eigenvalue weighted by molar-refractivity contribution is 6.09. The van der Waals surface area contributed by atoms with Crippen LogP contribution < -0.4 is 0 Å². The Morgan fingerprint density at radius 3 is 1.30 bits per heavy atom. The van der Waals surface area contributed by atoms with E-state index < -0.39 is 11.9 Å². The Labute approximate surface area is 131 Å². The highest BCUT2D eigenvalue weighted by Crippen LogP contribution is 2.37. The maximum Gasteiger partial charge on any atom is 0.340 e. The first-order valence-electron chi connectivity index (χ1n) is 6.84. The monoisotopic (exact) mass is 308 g/mol. The Hall–Kier alpha value is -3.34. The Morgan fingerprint density at radius 1 is 0.652 bits per heavy atom. The molecule has 0 bridgehead atoms. The highest BCUT2D eigenvalue weighted by Gasteiger charge is 2.31. The van der Waals surface area contributed by atoms with Crippen LogP contribution in [0.1, 0.15) is 20.7 Å². The largest absolute Gasteiger partial charge is 0.478 e. The maximum atomic E-state index is 11.6. The molecule has 0 amide bonds. The molecule has 0 aliphatic carbocycles. The van der Waals surface area contributed by atoms with E-state index in [0.29, 0.717) is 11.1 Å². The van der Waals surface area contributed by atoms with E-state index in [1.54, 1.807) is 60.7 Å². The van der Waals surface area contributed by atoms with Gasteiger partial charge in [-0.05, 0) is 0 Å². The zero-order valence-corrected chi connectivity index (χ0v) is 11.9. The predicted molar refractivity (Wildman–Crippen MR) is 83.5 cm³/mol. The van der Waals surface area contributed by atoms with E-state index in [1.807, 2.05) is 0 Å². The van der Waals surface area contributed by atoms with Gasteiger partial charge >= 0.3 is 11.9 Å². The molecule has 0 fully saturated rings. The van der Waals surface area contributed by atoms with Crippen molar-refractivity contribution < 1.29 is 24.2 Å². The molecule has 3 aromatic rings.